The van der Waals surface area contributed by atoms with Crippen LogP contribution in [0.1, 0.15) is 6.92 Å². The fraction of sp³-hybridized carbons (Fsp3) is 0.875. The summed E-state index contributed by atoms with van der Waals surface area (Å²) in [5.41, 5.74) is -0.0207. The maximum atomic E-state index is 11.1. The average Bonchev–Trinajstić information content (AvgIpc) is 1.94. The van der Waals surface area contributed by atoms with E-state index >= 15 is 0 Å². The summed E-state index contributed by atoms with van der Waals surface area (Å²) in [6.45, 7) is 3.69. The predicted octanol–water partition coefficient (Wildman–Crippen LogP) is -0.816. The fourth-order valence-electron chi connectivity index (χ4n) is 1.15. The number of amides is 1. The first-order chi connectivity index (χ1) is 6.31. The van der Waals surface area contributed by atoms with Crippen LogP contribution < -0.4 is 5.32 Å². The van der Waals surface area contributed by atoms with Gasteiger partial charge in [0, 0.05) is 18.2 Å². The first-order valence-corrected chi connectivity index (χ1v) is 6.39. The molecule has 0 aromatic carbocycles. The third-order valence-corrected chi connectivity index (χ3v) is 2.79. The topological polar surface area (TPSA) is 72.5 Å². The summed E-state index contributed by atoms with van der Waals surface area (Å²) in [5.74, 6) is -0.884. The second-order valence-electron chi connectivity index (χ2n) is 4.15. The highest BCUT2D eigenvalue weighted by molar-refractivity contribution is 7.91. The van der Waals surface area contributed by atoms with Crippen molar-refractivity contribution in [2.24, 2.45) is 5.41 Å². The zero-order valence-corrected chi connectivity index (χ0v) is 9.19. The lowest BCUT2D eigenvalue weighted by Gasteiger charge is -2.37. The maximum Gasteiger partial charge on any atom is 0.235 e. The lowest BCUT2D eigenvalue weighted by molar-refractivity contribution is -0.124. The van der Waals surface area contributed by atoms with Gasteiger partial charge < -0.3 is 10.1 Å². The Hall–Kier alpha value is -0.620. The van der Waals surface area contributed by atoms with E-state index in [1.807, 2.05) is 6.92 Å². The minimum Gasteiger partial charge on any atom is -0.380 e. The Bertz CT molecular complexity index is 318. The van der Waals surface area contributed by atoms with Crippen molar-refractivity contribution in [1.29, 1.82) is 0 Å². The monoisotopic (exact) mass is 221 g/mol. The van der Waals surface area contributed by atoms with Gasteiger partial charge in [0.25, 0.3) is 0 Å². The molecule has 0 aliphatic carbocycles. The molecule has 0 bridgehead atoms. The molecule has 1 aliphatic rings. The third kappa shape index (κ3) is 3.63. The number of rotatable bonds is 4. The molecule has 5 nitrogen and oxygen atoms in total. The summed E-state index contributed by atoms with van der Waals surface area (Å²) in [7, 11) is -3.22. The molecule has 1 N–H and O–H groups in total. The molecular formula is C8H15NO4S. The number of nitrogens with one attached hydrogen (secondary N) is 1. The molecule has 0 atom stereocenters. The van der Waals surface area contributed by atoms with Crippen molar-refractivity contribution in [3.63, 3.8) is 0 Å². The third-order valence-electron chi connectivity index (χ3n) is 2.01. The Kier molecular flexibility index (Phi) is 3.16. The first kappa shape index (κ1) is 11.5. The van der Waals surface area contributed by atoms with Gasteiger partial charge in [-0.2, -0.15) is 0 Å². The van der Waals surface area contributed by atoms with Crippen molar-refractivity contribution in [3.05, 3.63) is 0 Å². The molecule has 0 aromatic rings. The van der Waals surface area contributed by atoms with E-state index in [0.29, 0.717) is 19.8 Å². The van der Waals surface area contributed by atoms with Gasteiger partial charge in [0.2, 0.25) is 5.91 Å². The van der Waals surface area contributed by atoms with Crippen LogP contribution in [0, 0.1) is 5.41 Å². The molecule has 0 aromatic heterocycles. The lowest BCUT2D eigenvalue weighted by Crippen LogP contribution is -2.49. The Labute approximate surface area is 83.7 Å². The number of sulfone groups is 1. The molecule has 1 aliphatic heterocycles. The quantitative estimate of drug-likeness (QED) is 0.673. The van der Waals surface area contributed by atoms with Crippen molar-refractivity contribution < 1.29 is 17.9 Å². The summed E-state index contributed by atoms with van der Waals surface area (Å²) in [6, 6.07) is 0. The van der Waals surface area contributed by atoms with Gasteiger partial charge in [-0.25, -0.2) is 8.42 Å². The molecule has 1 amide bonds. The van der Waals surface area contributed by atoms with Gasteiger partial charge in [-0.05, 0) is 0 Å². The van der Waals surface area contributed by atoms with Gasteiger partial charge in [-0.1, -0.05) is 6.92 Å². The molecule has 1 rings (SSSR count). The van der Waals surface area contributed by atoms with E-state index in [1.165, 1.54) is 0 Å². The summed E-state index contributed by atoms with van der Waals surface area (Å²) in [5, 5.41) is 2.58. The van der Waals surface area contributed by atoms with Gasteiger partial charge in [0.1, 0.15) is 5.75 Å². The van der Waals surface area contributed by atoms with Crippen LogP contribution in [0.3, 0.4) is 0 Å². The van der Waals surface area contributed by atoms with E-state index in [4.69, 9.17) is 4.74 Å². The minimum absolute atomic E-state index is 0.0207. The van der Waals surface area contributed by atoms with Crippen LogP contribution >= 0.6 is 0 Å². The van der Waals surface area contributed by atoms with Gasteiger partial charge in [0.15, 0.2) is 9.84 Å². The summed E-state index contributed by atoms with van der Waals surface area (Å²) in [4.78, 5) is 11.1. The lowest BCUT2D eigenvalue weighted by atomic mass is 9.89. The number of carbonyl (C=O) groups excluding carboxylic acids is 1. The molecule has 0 radical (unpaired) electrons. The molecule has 1 heterocycles. The first-order valence-electron chi connectivity index (χ1n) is 4.33. The molecule has 14 heavy (non-hydrogen) atoms. The Morgan fingerprint density at radius 3 is 2.43 bits per heavy atom. The normalized spacial score (nSPS) is 19.9. The predicted molar refractivity (Wildman–Crippen MR) is 51.6 cm³/mol. The smallest absolute Gasteiger partial charge is 0.235 e. The number of ether oxygens (including phenoxy) is 1. The van der Waals surface area contributed by atoms with Crippen molar-refractivity contribution in [2.45, 2.75) is 6.92 Å². The molecule has 0 saturated carbocycles. The molecule has 6 heteroatoms. The summed E-state index contributed by atoms with van der Waals surface area (Å²) >= 11 is 0. The van der Waals surface area contributed by atoms with Crippen molar-refractivity contribution in [2.75, 3.05) is 31.8 Å². The molecule has 0 spiro atoms. The van der Waals surface area contributed by atoms with Crippen LogP contribution in [0.2, 0.25) is 0 Å². The van der Waals surface area contributed by atoms with E-state index in [0.717, 1.165) is 6.26 Å². The van der Waals surface area contributed by atoms with Crippen LogP contribution in [0.25, 0.3) is 0 Å². The standard InChI is InChI=1S/C8H15NO4S/c1-8(5-13-6-8)4-9-7(10)3-14(2,11)12/h3-6H2,1-2H3,(H,9,10). The highest BCUT2D eigenvalue weighted by Crippen LogP contribution is 2.24. The highest BCUT2D eigenvalue weighted by atomic mass is 32.2. The van der Waals surface area contributed by atoms with E-state index in [1.54, 1.807) is 0 Å². The highest BCUT2D eigenvalue weighted by Gasteiger charge is 2.33. The van der Waals surface area contributed by atoms with Gasteiger partial charge in [0.05, 0.1) is 13.2 Å². The Morgan fingerprint density at radius 2 is 2.07 bits per heavy atom. The zero-order chi connectivity index (χ0) is 10.8. The summed E-state index contributed by atoms with van der Waals surface area (Å²) in [6.07, 6.45) is 1.04. The number of hydrogen-bond acceptors (Lipinski definition) is 4. The number of hydrogen-bond donors (Lipinski definition) is 1. The SMILES string of the molecule is CC1(CNC(=O)CS(C)(=O)=O)COC1. The zero-order valence-electron chi connectivity index (χ0n) is 8.37. The van der Waals surface area contributed by atoms with Gasteiger partial charge in [-0.15, -0.1) is 0 Å². The largest absolute Gasteiger partial charge is 0.380 e. The fourth-order valence-corrected chi connectivity index (χ4v) is 1.73. The Morgan fingerprint density at radius 1 is 1.50 bits per heavy atom. The number of carbonyl (C=O) groups is 1. The van der Waals surface area contributed by atoms with Crippen LogP contribution in [-0.2, 0) is 19.4 Å². The van der Waals surface area contributed by atoms with Crippen molar-refractivity contribution >= 4 is 15.7 Å². The van der Waals surface area contributed by atoms with E-state index in [2.05, 4.69) is 5.32 Å². The van der Waals surface area contributed by atoms with Crippen LogP contribution in [0.5, 0.6) is 0 Å². The average molecular weight is 221 g/mol. The molecule has 82 valence electrons. The van der Waals surface area contributed by atoms with Crippen molar-refractivity contribution in [3.8, 4) is 0 Å². The minimum atomic E-state index is -3.22. The molecule has 1 saturated heterocycles. The van der Waals surface area contributed by atoms with E-state index in [-0.39, 0.29) is 5.41 Å². The molecule has 0 unspecified atom stereocenters. The van der Waals surface area contributed by atoms with Crippen LogP contribution in [0.4, 0.5) is 0 Å². The Balaban J connectivity index is 2.28. The van der Waals surface area contributed by atoms with Crippen LogP contribution in [0.15, 0.2) is 0 Å². The molecule has 1 fully saturated rings. The second kappa shape index (κ2) is 3.86. The van der Waals surface area contributed by atoms with E-state index < -0.39 is 21.5 Å². The van der Waals surface area contributed by atoms with E-state index in [9.17, 15) is 13.2 Å². The maximum absolute atomic E-state index is 11.1. The van der Waals surface area contributed by atoms with Crippen LogP contribution in [-0.4, -0.2) is 46.1 Å². The summed E-state index contributed by atoms with van der Waals surface area (Å²) < 4.78 is 26.5. The van der Waals surface area contributed by atoms with Gasteiger partial charge in [-0.3, -0.25) is 4.79 Å². The van der Waals surface area contributed by atoms with Crippen molar-refractivity contribution in [1.82, 2.24) is 5.32 Å². The van der Waals surface area contributed by atoms with Gasteiger partial charge >= 0.3 is 0 Å². The molecular weight excluding hydrogens is 206 g/mol. The second-order valence-corrected chi connectivity index (χ2v) is 6.29.